The largest absolute Gasteiger partial charge is 0.493 e. The Morgan fingerprint density at radius 1 is 1.25 bits per heavy atom. The maximum Gasteiger partial charge on any atom is 0.124 e. The number of aryl methyl sites for hydroxylation is 1. The average Bonchev–Trinajstić information content (AvgIpc) is 2.48. The summed E-state index contributed by atoms with van der Waals surface area (Å²) in [5.41, 5.74) is 3.88. The van der Waals surface area contributed by atoms with Crippen molar-refractivity contribution < 1.29 is 4.74 Å². The van der Waals surface area contributed by atoms with Crippen LogP contribution in [0.5, 0.6) is 5.75 Å². The van der Waals surface area contributed by atoms with Crippen molar-refractivity contribution >= 4 is 5.69 Å². The van der Waals surface area contributed by atoms with Crippen LogP contribution in [-0.4, -0.2) is 6.61 Å². The number of nitrogens with zero attached hydrogens (tertiary/aromatic N) is 1. The van der Waals surface area contributed by atoms with Crippen molar-refractivity contribution in [1.82, 2.24) is 0 Å². The predicted molar refractivity (Wildman–Crippen MR) is 78.8 cm³/mol. The summed E-state index contributed by atoms with van der Waals surface area (Å²) >= 11 is 0. The Morgan fingerprint density at radius 2 is 2.10 bits per heavy atom. The molecule has 1 heterocycles. The van der Waals surface area contributed by atoms with E-state index in [4.69, 9.17) is 4.74 Å². The number of hydrogen-bond acceptors (Lipinski definition) is 3. The van der Waals surface area contributed by atoms with E-state index in [0.29, 0.717) is 12.2 Å². The third kappa shape index (κ3) is 2.33. The molecule has 3 heteroatoms. The molecule has 1 atom stereocenters. The fourth-order valence-electron chi connectivity index (χ4n) is 2.55. The van der Waals surface area contributed by atoms with Crippen molar-refractivity contribution in [3.8, 4) is 11.8 Å². The van der Waals surface area contributed by atoms with E-state index in [0.717, 1.165) is 29.0 Å². The van der Waals surface area contributed by atoms with Crippen LogP contribution in [-0.2, 0) is 0 Å². The van der Waals surface area contributed by atoms with Crippen LogP contribution in [0.3, 0.4) is 0 Å². The predicted octanol–water partition coefficient (Wildman–Crippen LogP) is 3.80. The molecule has 100 valence electrons. The number of rotatable bonds is 2. The SMILES string of the molecule is Cc1ccc(C#N)c(NC2CCOc3ccccc32)c1. The Kier molecular flexibility index (Phi) is 3.30. The van der Waals surface area contributed by atoms with E-state index in [9.17, 15) is 5.26 Å². The molecule has 2 aromatic carbocycles. The minimum Gasteiger partial charge on any atom is -0.493 e. The molecule has 2 aromatic rings. The number of benzene rings is 2. The molecule has 1 aliphatic heterocycles. The fraction of sp³-hybridized carbons (Fsp3) is 0.235. The Labute approximate surface area is 118 Å². The second-order valence-corrected chi connectivity index (χ2v) is 5.03. The fourth-order valence-corrected chi connectivity index (χ4v) is 2.55. The van der Waals surface area contributed by atoms with Crippen LogP contribution in [0.1, 0.15) is 29.2 Å². The Bertz CT molecular complexity index is 673. The molecule has 0 spiro atoms. The Balaban J connectivity index is 1.93. The molecule has 0 aromatic heterocycles. The smallest absolute Gasteiger partial charge is 0.124 e. The zero-order chi connectivity index (χ0) is 13.9. The van der Waals surface area contributed by atoms with Crippen LogP contribution in [0, 0.1) is 18.3 Å². The molecule has 3 rings (SSSR count). The summed E-state index contributed by atoms with van der Waals surface area (Å²) in [6.45, 7) is 2.73. The van der Waals surface area contributed by atoms with E-state index < -0.39 is 0 Å². The highest BCUT2D eigenvalue weighted by Crippen LogP contribution is 2.34. The first-order valence-corrected chi connectivity index (χ1v) is 6.77. The van der Waals surface area contributed by atoms with Crippen molar-refractivity contribution in [2.45, 2.75) is 19.4 Å². The number of hydrogen-bond donors (Lipinski definition) is 1. The van der Waals surface area contributed by atoms with Gasteiger partial charge in [0.15, 0.2) is 0 Å². The van der Waals surface area contributed by atoms with Gasteiger partial charge in [-0.15, -0.1) is 0 Å². The van der Waals surface area contributed by atoms with Crippen molar-refractivity contribution in [2.75, 3.05) is 11.9 Å². The minimum atomic E-state index is 0.189. The number of nitrogens with one attached hydrogen (secondary N) is 1. The third-order valence-corrected chi connectivity index (χ3v) is 3.58. The van der Waals surface area contributed by atoms with Crippen molar-refractivity contribution in [3.63, 3.8) is 0 Å². The van der Waals surface area contributed by atoms with Crippen LogP contribution < -0.4 is 10.1 Å². The molecule has 0 bridgehead atoms. The number of anilines is 1. The molecule has 0 saturated carbocycles. The summed E-state index contributed by atoms with van der Waals surface area (Å²) in [6, 6.07) is 16.3. The molecular weight excluding hydrogens is 248 g/mol. The van der Waals surface area contributed by atoms with Crippen LogP contribution in [0.2, 0.25) is 0 Å². The number of para-hydroxylation sites is 1. The first-order valence-electron chi connectivity index (χ1n) is 6.77. The normalized spacial score (nSPS) is 16.7. The van der Waals surface area contributed by atoms with Crippen molar-refractivity contribution in [1.29, 1.82) is 5.26 Å². The van der Waals surface area contributed by atoms with Gasteiger partial charge in [-0.1, -0.05) is 24.3 Å². The summed E-state index contributed by atoms with van der Waals surface area (Å²) in [7, 11) is 0. The van der Waals surface area contributed by atoms with Crippen LogP contribution in [0.15, 0.2) is 42.5 Å². The lowest BCUT2D eigenvalue weighted by molar-refractivity contribution is 0.274. The average molecular weight is 264 g/mol. The van der Waals surface area contributed by atoms with Gasteiger partial charge in [-0.25, -0.2) is 0 Å². The lowest BCUT2D eigenvalue weighted by Crippen LogP contribution is -2.20. The molecule has 0 radical (unpaired) electrons. The zero-order valence-electron chi connectivity index (χ0n) is 11.4. The lowest BCUT2D eigenvalue weighted by Gasteiger charge is -2.27. The highest BCUT2D eigenvalue weighted by Gasteiger charge is 2.21. The lowest BCUT2D eigenvalue weighted by atomic mass is 9.99. The molecule has 0 saturated heterocycles. The molecular formula is C17H16N2O. The molecule has 20 heavy (non-hydrogen) atoms. The van der Waals surface area contributed by atoms with Gasteiger partial charge in [-0.2, -0.15) is 5.26 Å². The molecule has 0 aliphatic carbocycles. The number of nitriles is 1. The Hall–Kier alpha value is -2.47. The highest BCUT2D eigenvalue weighted by molar-refractivity contribution is 5.60. The summed E-state index contributed by atoms with van der Waals surface area (Å²) < 4.78 is 5.67. The van der Waals surface area contributed by atoms with E-state index in [1.807, 2.05) is 43.3 Å². The van der Waals surface area contributed by atoms with Gasteiger partial charge in [0.25, 0.3) is 0 Å². The van der Waals surface area contributed by atoms with Gasteiger partial charge in [0, 0.05) is 12.0 Å². The highest BCUT2D eigenvalue weighted by atomic mass is 16.5. The minimum absolute atomic E-state index is 0.189. The maximum atomic E-state index is 9.22. The molecule has 1 N–H and O–H groups in total. The van der Waals surface area contributed by atoms with E-state index in [-0.39, 0.29) is 6.04 Å². The summed E-state index contributed by atoms with van der Waals surface area (Å²) in [5, 5.41) is 12.7. The first kappa shape index (κ1) is 12.6. The quantitative estimate of drug-likeness (QED) is 0.897. The van der Waals surface area contributed by atoms with Crippen LogP contribution in [0.4, 0.5) is 5.69 Å². The van der Waals surface area contributed by atoms with Crippen molar-refractivity contribution in [3.05, 3.63) is 59.2 Å². The van der Waals surface area contributed by atoms with E-state index in [1.165, 1.54) is 0 Å². The van der Waals surface area contributed by atoms with E-state index in [1.54, 1.807) is 0 Å². The van der Waals surface area contributed by atoms with Gasteiger partial charge in [0.05, 0.1) is 23.9 Å². The Morgan fingerprint density at radius 3 is 2.95 bits per heavy atom. The van der Waals surface area contributed by atoms with Gasteiger partial charge < -0.3 is 10.1 Å². The molecule has 1 aliphatic rings. The van der Waals surface area contributed by atoms with Gasteiger partial charge in [-0.3, -0.25) is 0 Å². The summed E-state index contributed by atoms with van der Waals surface area (Å²) in [6.07, 6.45) is 0.899. The molecule has 0 amide bonds. The standard InChI is InChI=1S/C17H16N2O/c1-12-6-7-13(11-18)16(10-12)19-15-8-9-20-17-5-3-2-4-14(15)17/h2-7,10,15,19H,8-9H2,1H3. The van der Waals surface area contributed by atoms with Gasteiger partial charge in [0.1, 0.15) is 11.8 Å². The second kappa shape index (κ2) is 5.26. The van der Waals surface area contributed by atoms with E-state index in [2.05, 4.69) is 17.5 Å². The van der Waals surface area contributed by atoms with Crippen LogP contribution in [0.25, 0.3) is 0 Å². The summed E-state index contributed by atoms with van der Waals surface area (Å²) in [5.74, 6) is 0.933. The first-order chi connectivity index (χ1) is 9.78. The van der Waals surface area contributed by atoms with E-state index >= 15 is 0 Å². The van der Waals surface area contributed by atoms with Gasteiger partial charge >= 0.3 is 0 Å². The third-order valence-electron chi connectivity index (χ3n) is 3.58. The number of fused-ring (bicyclic) bond motifs is 1. The molecule has 3 nitrogen and oxygen atoms in total. The summed E-state index contributed by atoms with van der Waals surface area (Å²) in [4.78, 5) is 0. The van der Waals surface area contributed by atoms with Crippen molar-refractivity contribution in [2.24, 2.45) is 0 Å². The van der Waals surface area contributed by atoms with Crippen LogP contribution >= 0.6 is 0 Å². The zero-order valence-corrected chi connectivity index (χ0v) is 11.4. The number of ether oxygens (including phenoxy) is 1. The molecule has 0 fully saturated rings. The van der Waals surface area contributed by atoms with Gasteiger partial charge in [0.2, 0.25) is 0 Å². The monoisotopic (exact) mass is 264 g/mol. The molecule has 1 unspecified atom stereocenters. The van der Waals surface area contributed by atoms with Gasteiger partial charge in [-0.05, 0) is 30.7 Å². The topological polar surface area (TPSA) is 45.0 Å². The maximum absolute atomic E-state index is 9.22. The second-order valence-electron chi connectivity index (χ2n) is 5.03.